The van der Waals surface area contributed by atoms with Crippen LogP contribution in [0.1, 0.15) is 43.8 Å². The number of aryl methyl sites for hydroxylation is 1. The summed E-state index contributed by atoms with van der Waals surface area (Å²) in [6.07, 6.45) is 0.629. The van der Waals surface area contributed by atoms with E-state index in [0.717, 1.165) is 24.2 Å². The van der Waals surface area contributed by atoms with Crippen molar-refractivity contribution in [3.8, 4) is 11.1 Å². The summed E-state index contributed by atoms with van der Waals surface area (Å²) in [7, 11) is 1.59. The van der Waals surface area contributed by atoms with Crippen molar-refractivity contribution in [2.24, 2.45) is 5.92 Å². The van der Waals surface area contributed by atoms with Crippen molar-refractivity contribution in [2.75, 3.05) is 23.9 Å². The Hall–Kier alpha value is -4.06. The van der Waals surface area contributed by atoms with Crippen molar-refractivity contribution in [1.82, 2.24) is 24.9 Å². The zero-order valence-corrected chi connectivity index (χ0v) is 22.2. The number of rotatable bonds is 10. The zero-order chi connectivity index (χ0) is 28.3. The Bertz CT molecular complexity index is 1460. The third kappa shape index (κ3) is 6.00. The van der Waals surface area contributed by atoms with E-state index in [0.29, 0.717) is 40.3 Å². The van der Waals surface area contributed by atoms with Crippen LogP contribution in [0.3, 0.4) is 0 Å². The molecule has 39 heavy (non-hydrogen) atoms. The van der Waals surface area contributed by atoms with Gasteiger partial charge in [0, 0.05) is 31.3 Å². The Morgan fingerprint density at radius 2 is 1.92 bits per heavy atom. The number of ether oxygens (including phenoxy) is 1. The Morgan fingerprint density at radius 1 is 1.15 bits per heavy atom. The molecular weight excluding hydrogens is 511 g/mol. The van der Waals surface area contributed by atoms with Gasteiger partial charge in [0.25, 0.3) is 0 Å². The van der Waals surface area contributed by atoms with Gasteiger partial charge in [-0.2, -0.15) is 23.1 Å². The van der Waals surface area contributed by atoms with Crippen LogP contribution in [0.2, 0.25) is 0 Å². The SMILES string of the molecule is COCC(C(C)C)N(C=O)c1nc(NC(C)c2cc(C)c(-c3ccnc(C(F)(F)F)c3)cn2)nc2[nH]ccc12. The average molecular weight is 542 g/mol. The molecule has 0 saturated heterocycles. The number of halogens is 3. The maximum Gasteiger partial charge on any atom is 0.433 e. The molecule has 0 fully saturated rings. The Kier molecular flexibility index (Phi) is 8.14. The molecule has 0 aromatic carbocycles. The quantitative estimate of drug-likeness (QED) is 0.254. The number of fused-ring (bicyclic) bond motifs is 1. The highest BCUT2D eigenvalue weighted by molar-refractivity contribution is 5.94. The number of nitrogens with one attached hydrogen (secondary N) is 2. The molecular formula is C27H30F3N7O2. The van der Waals surface area contributed by atoms with Crippen molar-refractivity contribution in [2.45, 2.75) is 46.0 Å². The number of hydrogen-bond acceptors (Lipinski definition) is 7. The van der Waals surface area contributed by atoms with Gasteiger partial charge in [-0.3, -0.25) is 19.7 Å². The van der Waals surface area contributed by atoms with Crippen molar-refractivity contribution < 1.29 is 22.7 Å². The van der Waals surface area contributed by atoms with Gasteiger partial charge < -0.3 is 15.0 Å². The lowest BCUT2D eigenvalue weighted by molar-refractivity contribution is -0.141. The van der Waals surface area contributed by atoms with E-state index < -0.39 is 11.9 Å². The number of aromatic nitrogens is 5. The standard InChI is InChI=1S/C27H30F3N7O2/c1-15(2)22(13-39-5)37(14-38)25-19-7-9-32-24(19)35-26(36-25)34-17(4)21-10-16(3)20(12-33-21)18-6-8-31-23(11-18)27(28,29)30/h6-12,14-15,17,22H,13H2,1-5H3,(H2,32,34,35,36). The molecule has 4 aromatic rings. The number of amides is 1. The number of aromatic amines is 1. The van der Waals surface area contributed by atoms with E-state index in [1.807, 2.05) is 33.8 Å². The lowest BCUT2D eigenvalue weighted by Crippen LogP contribution is -2.42. The normalized spacial score (nSPS) is 13.5. The van der Waals surface area contributed by atoms with Crippen molar-refractivity contribution in [1.29, 1.82) is 0 Å². The van der Waals surface area contributed by atoms with Gasteiger partial charge in [0.1, 0.15) is 11.3 Å². The van der Waals surface area contributed by atoms with Crippen LogP contribution < -0.4 is 10.2 Å². The first-order valence-electron chi connectivity index (χ1n) is 12.4. The van der Waals surface area contributed by atoms with Crippen LogP contribution in [-0.4, -0.2) is 51.1 Å². The number of hydrogen-bond donors (Lipinski definition) is 2. The predicted molar refractivity (Wildman–Crippen MR) is 142 cm³/mol. The number of alkyl halides is 3. The van der Waals surface area contributed by atoms with Gasteiger partial charge in [-0.05, 0) is 55.2 Å². The molecule has 0 aliphatic heterocycles. The summed E-state index contributed by atoms with van der Waals surface area (Å²) in [6, 6.07) is 5.55. The van der Waals surface area contributed by atoms with Crippen molar-refractivity contribution in [3.63, 3.8) is 0 Å². The van der Waals surface area contributed by atoms with E-state index in [4.69, 9.17) is 4.74 Å². The molecule has 2 unspecified atom stereocenters. The van der Waals surface area contributed by atoms with Gasteiger partial charge in [0.05, 0.1) is 29.8 Å². The highest BCUT2D eigenvalue weighted by atomic mass is 19.4. The molecule has 0 bridgehead atoms. The van der Waals surface area contributed by atoms with Crippen LogP contribution in [0, 0.1) is 12.8 Å². The van der Waals surface area contributed by atoms with Gasteiger partial charge in [0.15, 0.2) is 5.82 Å². The predicted octanol–water partition coefficient (Wildman–Crippen LogP) is 5.55. The van der Waals surface area contributed by atoms with E-state index in [1.54, 1.807) is 30.5 Å². The van der Waals surface area contributed by atoms with E-state index in [-0.39, 0.29) is 23.9 Å². The first-order valence-corrected chi connectivity index (χ1v) is 12.4. The zero-order valence-electron chi connectivity index (χ0n) is 22.2. The van der Waals surface area contributed by atoms with Gasteiger partial charge >= 0.3 is 6.18 Å². The molecule has 4 rings (SSSR count). The number of pyridine rings is 2. The fraction of sp³-hybridized carbons (Fsp3) is 0.370. The summed E-state index contributed by atoms with van der Waals surface area (Å²) >= 11 is 0. The van der Waals surface area contributed by atoms with Gasteiger partial charge in [-0.25, -0.2) is 0 Å². The second kappa shape index (κ2) is 11.4. The average Bonchev–Trinajstić information content (AvgIpc) is 3.36. The number of carbonyl (C=O) groups excluding carboxylic acids is 1. The lowest BCUT2D eigenvalue weighted by atomic mass is 10.0. The molecule has 206 valence electrons. The number of methoxy groups -OCH3 is 1. The maximum absolute atomic E-state index is 13.1. The minimum atomic E-state index is -4.53. The monoisotopic (exact) mass is 541 g/mol. The molecule has 0 aliphatic rings. The van der Waals surface area contributed by atoms with E-state index >= 15 is 0 Å². The molecule has 1 amide bonds. The summed E-state index contributed by atoms with van der Waals surface area (Å²) in [5.74, 6) is 0.832. The topological polar surface area (TPSA) is 109 Å². The largest absolute Gasteiger partial charge is 0.433 e. The third-order valence-corrected chi connectivity index (χ3v) is 6.50. The van der Waals surface area contributed by atoms with Crippen LogP contribution in [0.25, 0.3) is 22.2 Å². The molecule has 0 spiro atoms. The molecule has 0 radical (unpaired) electrons. The van der Waals surface area contributed by atoms with Gasteiger partial charge in [-0.1, -0.05) is 13.8 Å². The second-order valence-electron chi connectivity index (χ2n) is 9.61. The third-order valence-electron chi connectivity index (χ3n) is 6.50. The van der Waals surface area contributed by atoms with E-state index in [2.05, 4.69) is 30.2 Å². The molecule has 2 N–H and O–H groups in total. The highest BCUT2D eigenvalue weighted by Crippen LogP contribution is 2.32. The number of carbonyl (C=O) groups is 1. The van der Waals surface area contributed by atoms with Crippen LogP contribution in [-0.2, 0) is 15.7 Å². The Morgan fingerprint density at radius 3 is 2.56 bits per heavy atom. The first kappa shape index (κ1) is 28.0. The number of anilines is 2. The lowest BCUT2D eigenvalue weighted by Gasteiger charge is -2.30. The van der Waals surface area contributed by atoms with Crippen molar-refractivity contribution in [3.05, 3.63) is 59.8 Å². The summed E-state index contributed by atoms with van der Waals surface area (Å²) < 4.78 is 44.8. The summed E-state index contributed by atoms with van der Waals surface area (Å²) in [6.45, 7) is 8.03. The smallest absolute Gasteiger partial charge is 0.383 e. The molecule has 0 aliphatic carbocycles. The molecule has 4 aromatic heterocycles. The minimum absolute atomic E-state index is 0.104. The number of H-pyrrole nitrogens is 1. The van der Waals surface area contributed by atoms with E-state index in [1.165, 1.54) is 6.07 Å². The van der Waals surface area contributed by atoms with Crippen LogP contribution >= 0.6 is 0 Å². The summed E-state index contributed by atoms with van der Waals surface area (Å²) in [5.41, 5.74) is 1.94. The molecule has 12 heteroatoms. The van der Waals surface area contributed by atoms with Crippen LogP contribution in [0.4, 0.5) is 24.9 Å². The molecule has 9 nitrogen and oxygen atoms in total. The maximum atomic E-state index is 13.1. The van der Waals surface area contributed by atoms with E-state index in [9.17, 15) is 18.0 Å². The Labute approximate surface area is 223 Å². The molecule has 2 atom stereocenters. The van der Waals surface area contributed by atoms with Crippen LogP contribution in [0.15, 0.2) is 42.9 Å². The highest BCUT2D eigenvalue weighted by Gasteiger charge is 2.32. The molecule has 4 heterocycles. The second-order valence-corrected chi connectivity index (χ2v) is 9.61. The van der Waals surface area contributed by atoms with Gasteiger partial charge in [0.2, 0.25) is 12.4 Å². The Balaban J connectivity index is 1.63. The fourth-order valence-electron chi connectivity index (χ4n) is 4.37. The van der Waals surface area contributed by atoms with Crippen LogP contribution in [0.5, 0.6) is 0 Å². The summed E-state index contributed by atoms with van der Waals surface area (Å²) in [4.78, 5) is 34.0. The molecule has 0 saturated carbocycles. The van der Waals surface area contributed by atoms with Gasteiger partial charge in [-0.15, -0.1) is 0 Å². The summed E-state index contributed by atoms with van der Waals surface area (Å²) in [5, 5.41) is 3.93. The number of nitrogens with zero attached hydrogens (tertiary/aromatic N) is 5. The fourth-order valence-corrected chi connectivity index (χ4v) is 4.37. The van der Waals surface area contributed by atoms with Crippen molar-refractivity contribution >= 4 is 29.2 Å². The first-order chi connectivity index (χ1) is 18.5. The minimum Gasteiger partial charge on any atom is -0.383 e.